The van der Waals surface area contributed by atoms with Crippen molar-refractivity contribution in [2.75, 3.05) is 5.32 Å². The van der Waals surface area contributed by atoms with Crippen LogP contribution in [0.25, 0.3) is 0 Å². The van der Waals surface area contributed by atoms with Gasteiger partial charge in [-0.15, -0.1) is 0 Å². The molecule has 0 radical (unpaired) electrons. The number of aromatic nitrogens is 4. The van der Waals surface area contributed by atoms with Gasteiger partial charge in [-0.25, -0.2) is 9.97 Å². The van der Waals surface area contributed by atoms with Crippen molar-refractivity contribution in [3.05, 3.63) is 72.1 Å². The van der Waals surface area contributed by atoms with E-state index >= 15 is 0 Å². The Kier molecular flexibility index (Phi) is 3.91. The molecule has 0 aliphatic carbocycles. The number of nitrogens with one attached hydrogen (secondary N) is 1. The Labute approximate surface area is 123 Å². The summed E-state index contributed by atoms with van der Waals surface area (Å²) in [5.41, 5.74) is 3.29. The molecule has 0 spiro atoms. The average molecular weight is 279 g/mol. The lowest BCUT2D eigenvalue weighted by Gasteiger charge is -2.08. The van der Waals surface area contributed by atoms with Crippen LogP contribution in [0.4, 0.5) is 5.69 Å². The highest BCUT2D eigenvalue weighted by Gasteiger charge is 1.98. The van der Waals surface area contributed by atoms with Crippen LogP contribution in [0.15, 0.2) is 55.0 Å². The summed E-state index contributed by atoms with van der Waals surface area (Å²) in [4.78, 5) is 8.47. The number of hydrogen-bond acceptors (Lipinski definition) is 4. The first-order valence-electron chi connectivity index (χ1n) is 6.88. The molecule has 0 amide bonds. The molecule has 5 nitrogen and oxygen atoms in total. The number of aryl methyl sites for hydroxylation is 1. The Balaban J connectivity index is 1.59. The maximum Gasteiger partial charge on any atom is 0.125 e. The largest absolute Gasteiger partial charge is 0.379 e. The number of hydrogen-bond donors (Lipinski definition) is 1. The lowest BCUT2D eigenvalue weighted by molar-refractivity contribution is 0.687. The standard InChI is InChI=1S/C16H17N5/c1-13-17-9-7-16(20-13)11-18-15-5-3-14(4-6-15)12-21-10-2-8-19-21/h2-10,18H,11-12H2,1H3. The van der Waals surface area contributed by atoms with E-state index in [2.05, 4.69) is 44.6 Å². The summed E-state index contributed by atoms with van der Waals surface area (Å²) in [7, 11) is 0. The van der Waals surface area contributed by atoms with Crippen LogP contribution < -0.4 is 5.32 Å². The highest BCUT2D eigenvalue weighted by molar-refractivity contribution is 5.44. The van der Waals surface area contributed by atoms with Gasteiger partial charge in [-0.2, -0.15) is 5.10 Å². The summed E-state index contributed by atoms with van der Waals surface area (Å²) in [6.07, 6.45) is 5.54. The molecule has 2 aromatic heterocycles. The first-order chi connectivity index (χ1) is 10.3. The monoisotopic (exact) mass is 279 g/mol. The maximum atomic E-state index is 4.37. The second-order valence-corrected chi connectivity index (χ2v) is 4.85. The van der Waals surface area contributed by atoms with Crippen LogP contribution in [-0.2, 0) is 13.1 Å². The smallest absolute Gasteiger partial charge is 0.125 e. The van der Waals surface area contributed by atoms with E-state index in [4.69, 9.17) is 0 Å². The summed E-state index contributed by atoms with van der Waals surface area (Å²) >= 11 is 0. The van der Waals surface area contributed by atoms with Crippen molar-refractivity contribution in [2.24, 2.45) is 0 Å². The molecule has 1 N–H and O–H groups in total. The molecule has 2 heterocycles. The zero-order chi connectivity index (χ0) is 14.5. The maximum absolute atomic E-state index is 4.37. The van der Waals surface area contributed by atoms with Crippen molar-refractivity contribution in [3.8, 4) is 0 Å². The average Bonchev–Trinajstić information content (AvgIpc) is 3.00. The topological polar surface area (TPSA) is 55.6 Å². The quantitative estimate of drug-likeness (QED) is 0.780. The fourth-order valence-electron chi connectivity index (χ4n) is 2.11. The SMILES string of the molecule is Cc1nccc(CNc2ccc(Cn3cccn3)cc2)n1. The number of benzene rings is 1. The third-order valence-electron chi connectivity index (χ3n) is 3.17. The predicted molar refractivity (Wildman–Crippen MR) is 81.9 cm³/mol. The molecular formula is C16H17N5. The van der Waals surface area contributed by atoms with Crippen LogP contribution in [0.1, 0.15) is 17.1 Å². The Morgan fingerprint density at radius 2 is 1.95 bits per heavy atom. The molecule has 5 heteroatoms. The summed E-state index contributed by atoms with van der Waals surface area (Å²) in [5.74, 6) is 0.795. The third kappa shape index (κ3) is 3.66. The van der Waals surface area contributed by atoms with Gasteiger partial charge in [0.2, 0.25) is 0 Å². The zero-order valence-electron chi connectivity index (χ0n) is 11.9. The van der Waals surface area contributed by atoms with E-state index < -0.39 is 0 Å². The van der Waals surface area contributed by atoms with Crippen LogP contribution in [-0.4, -0.2) is 19.7 Å². The minimum Gasteiger partial charge on any atom is -0.379 e. The summed E-state index contributed by atoms with van der Waals surface area (Å²) < 4.78 is 1.91. The lowest BCUT2D eigenvalue weighted by Crippen LogP contribution is -2.04. The molecule has 3 aromatic rings. The fraction of sp³-hybridized carbons (Fsp3) is 0.188. The highest BCUT2D eigenvalue weighted by atomic mass is 15.3. The van der Waals surface area contributed by atoms with Crippen molar-refractivity contribution < 1.29 is 0 Å². The third-order valence-corrected chi connectivity index (χ3v) is 3.17. The van der Waals surface area contributed by atoms with Crippen LogP contribution in [0.2, 0.25) is 0 Å². The van der Waals surface area contributed by atoms with Gasteiger partial charge in [0, 0.05) is 24.3 Å². The molecule has 0 saturated carbocycles. The van der Waals surface area contributed by atoms with Gasteiger partial charge < -0.3 is 5.32 Å². The fourth-order valence-corrected chi connectivity index (χ4v) is 2.11. The summed E-state index contributed by atoms with van der Waals surface area (Å²) in [6, 6.07) is 12.2. The van der Waals surface area contributed by atoms with Crippen LogP contribution in [0, 0.1) is 6.92 Å². The van der Waals surface area contributed by atoms with Gasteiger partial charge in [-0.1, -0.05) is 12.1 Å². The van der Waals surface area contributed by atoms with Crippen LogP contribution >= 0.6 is 0 Å². The van der Waals surface area contributed by atoms with E-state index in [-0.39, 0.29) is 0 Å². The Morgan fingerprint density at radius 1 is 1.10 bits per heavy atom. The molecule has 0 unspecified atom stereocenters. The molecular weight excluding hydrogens is 262 g/mol. The van der Waals surface area contributed by atoms with Crippen molar-refractivity contribution in [2.45, 2.75) is 20.0 Å². The molecule has 1 aromatic carbocycles. The first-order valence-corrected chi connectivity index (χ1v) is 6.88. The minimum atomic E-state index is 0.696. The van der Waals surface area contributed by atoms with Gasteiger partial charge >= 0.3 is 0 Å². The molecule has 0 bridgehead atoms. The number of nitrogens with zero attached hydrogens (tertiary/aromatic N) is 4. The lowest BCUT2D eigenvalue weighted by atomic mass is 10.2. The Morgan fingerprint density at radius 3 is 2.67 bits per heavy atom. The second-order valence-electron chi connectivity index (χ2n) is 4.85. The van der Waals surface area contributed by atoms with E-state index in [1.54, 1.807) is 12.4 Å². The van der Waals surface area contributed by atoms with Gasteiger partial charge in [-0.3, -0.25) is 4.68 Å². The van der Waals surface area contributed by atoms with Gasteiger partial charge in [0.05, 0.1) is 18.8 Å². The summed E-state index contributed by atoms with van der Waals surface area (Å²) in [5, 5.41) is 7.57. The van der Waals surface area contributed by atoms with E-state index in [1.807, 2.05) is 29.9 Å². The minimum absolute atomic E-state index is 0.696. The predicted octanol–water partition coefficient (Wildman–Crippen LogP) is 2.64. The van der Waals surface area contributed by atoms with Crippen LogP contribution in [0.5, 0.6) is 0 Å². The first kappa shape index (κ1) is 13.3. The van der Waals surface area contributed by atoms with E-state index in [0.717, 1.165) is 23.8 Å². The molecule has 0 aliphatic heterocycles. The van der Waals surface area contributed by atoms with E-state index in [0.29, 0.717) is 6.54 Å². The van der Waals surface area contributed by atoms with Crippen molar-refractivity contribution >= 4 is 5.69 Å². The van der Waals surface area contributed by atoms with Gasteiger partial charge in [-0.05, 0) is 36.8 Å². The molecule has 0 fully saturated rings. The summed E-state index contributed by atoms with van der Waals surface area (Å²) in [6.45, 7) is 3.38. The van der Waals surface area contributed by atoms with Crippen LogP contribution in [0.3, 0.4) is 0 Å². The molecule has 0 aliphatic rings. The number of rotatable bonds is 5. The van der Waals surface area contributed by atoms with Gasteiger partial charge in [0.15, 0.2) is 0 Å². The number of anilines is 1. The molecule has 3 rings (SSSR count). The van der Waals surface area contributed by atoms with Gasteiger partial charge in [0.25, 0.3) is 0 Å². The van der Waals surface area contributed by atoms with Gasteiger partial charge in [0.1, 0.15) is 5.82 Å². The Bertz CT molecular complexity index is 689. The van der Waals surface area contributed by atoms with E-state index in [9.17, 15) is 0 Å². The zero-order valence-corrected chi connectivity index (χ0v) is 11.9. The molecule has 0 saturated heterocycles. The highest BCUT2D eigenvalue weighted by Crippen LogP contribution is 2.11. The van der Waals surface area contributed by atoms with E-state index in [1.165, 1.54) is 5.56 Å². The van der Waals surface area contributed by atoms with Crippen molar-refractivity contribution in [1.29, 1.82) is 0 Å². The molecule has 106 valence electrons. The normalized spacial score (nSPS) is 10.5. The molecule has 21 heavy (non-hydrogen) atoms. The van der Waals surface area contributed by atoms with Crippen molar-refractivity contribution in [1.82, 2.24) is 19.7 Å². The van der Waals surface area contributed by atoms with Crippen molar-refractivity contribution in [3.63, 3.8) is 0 Å². The Hall–Kier alpha value is -2.69. The second kappa shape index (κ2) is 6.17. The molecule has 0 atom stereocenters.